The Hall–Kier alpha value is -5.56. The van der Waals surface area contributed by atoms with Gasteiger partial charge < -0.3 is 43.5 Å². The molecule has 1 fully saturated rings. The lowest BCUT2D eigenvalue weighted by atomic mass is 9.55. The molecule has 4 aromatic rings. The number of carbonyl (C=O) groups is 1. The van der Waals surface area contributed by atoms with E-state index < -0.39 is 23.8 Å². The molecule has 60 heavy (non-hydrogen) atoms. The summed E-state index contributed by atoms with van der Waals surface area (Å²) in [6, 6.07) is 25.0. The second-order valence-electron chi connectivity index (χ2n) is 15.9. The summed E-state index contributed by atoms with van der Waals surface area (Å²) in [5.41, 5.74) is 3.38. The van der Waals surface area contributed by atoms with Crippen LogP contribution in [0.4, 0.5) is 4.79 Å². The Bertz CT molecular complexity index is 2240. The summed E-state index contributed by atoms with van der Waals surface area (Å²) in [5.74, 6) is 1.23. The van der Waals surface area contributed by atoms with Gasteiger partial charge in [-0.2, -0.15) is 0 Å². The van der Waals surface area contributed by atoms with Crippen molar-refractivity contribution in [3.8, 4) is 28.7 Å². The maximum absolute atomic E-state index is 14.2. The van der Waals surface area contributed by atoms with Crippen molar-refractivity contribution < 1.29 is 48.3 Å². The van der Waals surface area contributed by atoms with E-state index in [-0.39, 0.29) is 57.3 Å². The summed E-state index contributed by atoms with van der Waals surface area (Å²) in [6.07, 6.45) is 8.29. The first kappa shape index (κ1) is 41.2. The van der Waals surface area contributed by atoms with E-state index in [0.29, 0.717) is 47.3 Å². The van der Waals surface area contributed by atoms with Crippen LogP contribution in [0, 0.1) is 17.8 Å². The quantitative estimate of drug-likeness (QED) is 0.0604. The first-order valence-electron chi connectivity index (χ1n) is 20.9. The van der Waals surface area contributed by atoms with Gasteiger partial charge in [0.05, 0.1) is 25.3 Å². The summed E-state index contributed by atoms with van der Waals surface area (Å²) < 4.78 is 37.8. The molecule has 12 heteroatoms. The molecule has 1 amide bonds. The van der Waals surface area contributed by atoms with Gasteiger partial charge in [-0.1, -0.05) is 66.5 Å². The summed E-state index contributed by atoms with van der Waals surface area (Å²) in [6.45, 7) is 4.62. The van der Waals surface area contributed by atoms with Crippen molar-refractivity contribution in [2.45, 2.75) is 69.2 Å². The molecule has 0 unspecified atom stereocenters. The smallest absolute Gasteiger partial charge is 0.410 e. The van der Waals surface area contributed by atoms with Crippen LogP contribution in [-0.4, -0.2) is 79.6 Å². The third kappa shape index (κ3) is 8.03. The molecule has 8 rings (SSSR count). The first-order valence-corrected chi connectivity index (χ1v) is 20.9. The van der Waals surface area contributed by atoms with Gasteiger partial charge >= 0.3 is 6.09 Å². The van der Waals surface area contributed by atoms with Gasteiger partial charge in [0.25, 0.3) is 0 Å². The van der Waals surface area contributed by atoms with Crippen LogP contribution in [0.25, 0.3) is 10.8 Å². The fourth-order valence-electron chi connectivity index (χ4n) is 9.84. The molecule has 0 radical (unpaired) electrons. The number of aliphatic hydroxyl groups is 2. The van der Waals surface area contributed by atoms with Crippen molar-refractivity contribution in [3.63, 3.8) is 0 Å². The van der Waals surface area contributed by atoms with E-state index in [1.807, 2.05) is 54.6 Å². The zero-order valence-corrected chi connectivity index (χ0v) is 34.3. The van der Waals surface area contributed by atoms with Crippen LogP contribution in [0.15, 0.2) is 108 Å². The molecule has 316 valence electrons. The molecule has 12 nitrogen and oxygen atoms in total. The van der Waals surface area contributed by atoms with Crippen molar-refractivity contribution >= 4 is 22.6 Å². The number of benzene rings is 4. The number of fused-ring (bicyclic) bond motifs is 4. The average molecular weight is 819 g/mol. The molecule has 1 saturated carbocycles. The molecule has 6 atom stereocenters. The van der Waals surface area contributed by atoms with Crippen molar-refractivity contribution in [1.82, 2.24) is 4.90 Å². The number of amides is 1. The minimum atomic E-state index is -1.44. The number of methoxy groups -OCH3 is 1. The van der Waals surface area contributed by atoms with Gasteiger partial charge in [-0.25, -0.2) is 4.79 Å². The highest BCUT2D eigenvalue weighted by molar-refractivity contribution is 6.03. The predicted octanol–water partition coefficient (Wildman–Crippen LogP) is 8.89. The van der Waals surface area contributed by atoms with Crippen molar-refractivity contribution in [2.24, 2.45) is 22.9 Å². The number of unbranched alkanes of at least 4 members (excludes halogenated alkanes) is 2. The fraction of sp³-hybridized carbons (Fsp3) is 0.417. The molecule has 2 aliphatic heterocycles. The lowest BCUT2D eigenvalue weighted by molar-refractivity contribution is -0.256. The van der Waals surface area contributed by atoms with E-state index in [9.17, 15) is 15.0 Å². The number of carbonyl (C=O) groups excluding carboxylic acids is 1. The number of ether oxygens (including phenoxy) is 6. The van der Waals surface area contributed by atoms with E-state index >= 15 is 0 Å². The summed E-state index contributed by atoms with van der Waals surface area (Å²) in [7, 11) is 2.90. The Kier molecular flexibility index (Phi) is 12.6. The largest absolute Gasteiger partial charge is 0.459 e. The van der Waals surface area contributed by atoms with Crippen molar-refractivity contribution in [1.29, 1.82) is 0 Å². The molecule has 2 aliphatic carbocycles. The Morgan fingerprint density at radius 3 is 2.43 bits per heavy atom. The highest BCUT2D eigenvalue weighted by Crippen LogP contribution is 2.62. The van der Waals surface area contributed by atoms with Gasteiger partial charge in [-0.05, 0) is 102 Å². The Morgan fingerprint density at radius 2 is 1.65 bits per heavy atom. The van der Waals surface area contributed by atoms with E-state index in [1.54, 1.807) is 11.0 Å². The molecular formula is C48H54N2O10. The summed E-state index contributed by atoms with van der Waals surface area (Å²) in [5, 5.41) is 26.7. The third-order valence-electron chi connectivity index (χ3n) is 12.4. The lowest BCUT2D eigenvalue weighted by Crippen LogP contribution is -2.70. The van der Waals surface area contributed by atoms with Crippen LogP contribution >= 0.6 is 0 Å². The maximum Gasteiger partial charge on any atom is 0.410 e. The van der Waals surface area contributed by atoms with Crippen LogP contribution in [-0.2, 0) is 20.9 Å². The van der Waals surface area contributed by atoms with Crippen LogP contribution in [0.2, 0.25) is 0 Å². The average Bonchev–Trinajstić information content (AvgIpc) is 3.74. The number of hydrogen-bond acceptors (Lipinski definition) is 11. The number of oxime groups is 1. The summed E-state index contributed by atoms with van der Waals surface area (Å²) in [4.78, 5) is 21.4. The number of hydrogen-bond donors (Lipinski definition) is 2. The van der Waals surface area contributed by atoms with E-state index in [0.717, 1.165) is 53.2 Å². The van der Waals surface area contributed by atoms with Crippen LogP contribution < -0.4 is 18.9 Å². The normalized spacial score (nSPS) is 24.2. The second kappa shape index (κ2) is 18.4. The van der Waals surface area contributed by atoms with Crippen molar-refractivity contribution in [2.75, 3.05) is 40.8 Å². The van der Waals surface area contributed by atoms with E-state index in [1.165, 1.54) is 14.2 Å². The van der Waals surface area contributed by atoms with Gasteiger partial charge in [0.15, 0.2) is 11.5 Å². The highest BCUT2D eigenvalue weighted by atomic mass is 16.7. The van der Waals surface area contributed by atoms with E-state index in [4.69, 9.17) is 33.3 Å². The molecule has 0 aromatic heterocycles. The first-order chi connectivity index (χ1) is 29.4. The molecule has 4 aromatic carbocycles. The van der Waals surface area contributed by atoms with Crippen molar-refractivity contribution in [3.05, 3.63) is 114 Å². The maximum atomic E-state index is 14.2. The molecular weight excluding hydrogens is 765 g/mol. The Balaban J connectivity index is 1.30. The van der Waals surface area contributed by atoms with Gasteiger partial charge in [-0.15, -0.1) is 6.58 Å². The minimum Gasteiger partial charge on any atom is -0.459 e. The van der Waals surface area contributed by atoms with Gasteiger partial charge in [-0.3, -0.25) is 4.90 Å². The number of allylic oxidation sites excluding steroid dienone is 1. The minimum absolute atomic E-state index is 0.0530. The lowest BCUT2D eigenvalue weighted by Gasteiger charge is -2.59. The second-order valence-corrected chi connectivity index (χ2v) is 15.9. The predicted molar refractivity (Wildman–Crippen MR) is 227 cm³/mol. The molecule has 2 heterocycles. The zero-order valence-electron chi connectivity index (χ0n) is 34.3. The Morgan fingerprint density at radius 1 is 0.900 bits per heavy atom. The number of rotatable bonds is 17. The molecule has 0 bridgehead atoms. The molecule has 0 spiro atoms. The SMILES string of the molecule is C=CCO[C@@]12Oc3ccc(Oc4ccc5ccccc5c4)cc3[C@H]3[C@H](CCCCO)[C@@H](CCCCO)C=C(C(=NOC)C[C@@H]1N(Cc1ccc4c(c1)OCO4)C(=O)OC)[C@H]32. The zero-order chi connectivity index (χ0) is 41.6. The number of nitrogens with zero attached hydrogens (tertiary/aromatic N) is 2. The van der Waals surface area contributed by atoms with Crippen LogP contribution in [0.3, 0.4) is 0 Å². The molecule has 0 saturated heterocycles. The standard InChI is InChI=1S/C48H54N2O10/c1-4-23-58-48-44(50(47(53)54-2)29-31-15-19-42-43(24-31)57-30-56-42)28-40(49-55-3)38-26-34(13-7-9-21-51)37(14-8-10-22-52)45(46(38)48)39-27-36(18-20-41(39)60-48)59-35-17-16-32-11-5-6-12-33(32)25-35/h4-6,11-12,15-20,24-27,34,37,44-46,51-52H,1,7-10,13-14,21-23,28-30H2,2-3H3/t34-,37+,44-,45+,46+,48+/m0/s1. The Labute approximate surface area is 350 Å². The topological polar surface area (TPSA) is 138 Å². The van der Waals surface area contributed by atoms with Crippen LogP contribution in [0.5, 0.6) is 28.7 Å². The summed E-state index contributed by atoms with van der Waals surface area (Å²) >= 11 is 0. The molecule has 4 aliphatic rings. The third-order valence-corrected chi connectivity index (χ3v) is 12.4. The number of aliphatic hydroxyl groups excluding tert-OH is 2. The van der Waals surface area contributed by atoms with Gasteiger partial charge in [0.1, 0.15) is 30.4 Å². The van der Waals surface area contributed by atoms with E-state index in [2.05, 4.69) is 42.1 Å². The highest BCUT2D eigenvalue weighted by Gasteiger charge is 2.65. The van der Waals surface area contributed by atoms with Gasteiger partial charge in [0, 0.05) is 37.7 Å². The van der Waals surface area contributed by atoms with Crippen LogP contribution in [0.1, 0.15) is 62.0 Å². The molecule has 2 N–H and O–H groups in total. The monoisotopic (exact) mass is 818 g/mol. The fourth-order valence-corrected chi connectivity index (χ4v) is 9.84. The van der Waals surface area contributed by atoms with Gasteiger partial charge in [0.2, 0.25) is 12.6 Å².